The molecule has 4 rings (SSSR count). The van der Waals surface area contributed by atoms with E-state index in [2.05, 4.69) is 31.2 Å². The van der Waals surface area contributed by atoms with Gasteiger partial charge in [0.1, 0.15) is 0 Å². The molecular weight excluding hydrogens is 410 g/mol. The molecule has 0 aliphatic rings. The van der Waals surface area contributed by atoms with Crippen LogP contribution in [0.15, 0.2) is 66.2 Å². The van der Waals surface area contributed by atoms with E-state index in [-0.39, 0.29) is 5.78 Å². The zero-order valence-electron chi connectivity index (χ0n) is 17.8. The van der Waals surface area contributed by atoms with Gasteiger partial charge in [-0.15, -0.1) is 11.3 Å². The van der Waals surface area contributed by atoms with Crippen molar-refractivity contribution in [2.75, 3.05) is 21.3 Å². The number of ketones is 1. The number of aryl methyl sites for hydroxylation is 1. The molecule has 2 heterocycles. The van der Waals surface area contributed by atoms with Gasteiger partial charge >= 0.3 is 0 Å². The van der Waals surface area contributed by atoms with Crippen LogP contribution in [0.2, 0.25) is 0 Å². The van der Waals surface area contributed by atoms with Gasteiger partial charge in [0.2, 0.25) is 11.5 Å². The predicted octanol–water partition coefficient (Wildman–Crippen LogP) is 5.77. The number of aromatic nitrogens is 1. The maximum Gasteiger partial charge on any atom is 0.210 e. The average molecular weight is 434 g/mol. The van der Waals surface area contributed by atoms with E-state index in [1.165, 1.54) is 26.9 Å². The Kier molecular flexibility index (Phi) is 5.82. The fraction of sp³-hybridized carbons (Fsp3) is 0.160. The Morgan fingerprint density at radius 3 is 2.10 bits per heavy atom. The molecule has 4 aromatic rings. The van der Waals surface area contributed by atoms with Crippen molar-refractivity contribution in [1.82, 2.24) is 4.57 Å². The number of thiophene rings is 1. The maximum absolute atomic E-state index is 13.6. The third-order valence-electron chi connectivity index (χ3n) is 5.11. The van der Waals surface area contributed by atoms with Crippen LogP contribution < -0.4 is 14.2 Å². The Bertz CT molecular complexity index is 1180. The Balaban J connectivity index is 1.85. The first-order chi connectivity index (χ1) is 15.0. The Morgan fingerprint density at radius 2 is 1.55 bits per heavy atom. The topological polar surface area (TPSA) is 49.7 Å². The first-order valence-corrected chi connectivity index (χ1v) is 10.6. The second-order valence-corrected chi connectivity index (χ2v) is 7.97. The molecule has 0 amide bonds. The standard InChI is InChI=1S/C25H23NO4S/c1-16-7-9-17(10-8-16)19-12-20(26(15-19)23-6-5-11-31-23)24(27)18-13-21(28-2)25(30-4)22(14-18)29-3/h5-15H,1-4H3. The van der Waals surface area contributed by atoms with Gasteiger partial charge in [-0.3, -0.25) is 4.79 Å². The monoisotopic (exact) mass is 433 g/mol. The van der Waals surface area contributed by atoms with Gasteiger partial charge < -0.3 is 18.8 Å². The van der Waals surface area contributed by atoms with Crippen LogP contribution in [0.5, 0.6) is 17.2 Å². The summed E-state index contributed by atoms with van der Waals surface area (Å²) >= 11 is 1.58. The van der Waals surface area contributed by atoms with Crippen molar-refractivity contribution in [3.63, 3.8) is 0 Å². The van der Waals surface area contributed by atoms with Gasteiger partial charge in [0.05, 0.1) is 32.0 Å². The highest BCUT2D eigenvalue weighted by atomic mass is 32.1. The molecule has 0 bridgehead atoms. The smallest absolute Gasteiger partial charge is 0.210 e. The van der Waals surface area contributed by atoms with Crippen molar-refractivity contribution in [1.29, 1.82) is 0 Å². The molecule has 0 spiro atoms. The normalized spacial score (nSPS) is 10.7. The summed E-state index contributed by atoms with van der Waals surface area (Å²) in [5.41, 5.74) is 4.24. The second kappa shape index (κ2) is 8.70. The third-order valence-corrected chi connectivity index (χ3v) is 5.98. The lowest BCUT2D eigenvalue weighted by Crippen LogP contribution is -2.08. The zero-order valence-corrected chi connectivity index (χ0v) is 18.7. The van der Waals surface area contributed by atoms with Gasteiger partial charge in [-0.1, -0.05) is 29.8 Å². The maximum atomic E-state index is 13.6. The summed E-state index contributed by atoms with van der Waals surface area (Å²) in [5, 5.41) is 2.96. The molecule has 0 fully saturated rings. The molecule has 0 radical (unpaired) electrons. The van der Waals surface area contributed by atoms with Crippen molar-refractivity contribution >= 4 is 17.1 Å². The number of hydrogen-bond acceptors (Lipinski definition) is 5. The number of carbonyl (C=O) groups excluding carboxylic acids is 1. The zero-order chi connectivity index (χ0) is 22.0. The lowest BCUT2D eigenvalue weighted by atomic mass is 10.0. The van der Waals surface area contributed by atoms with E-state index in [4.69, 9.17) is 14.2 Å². The van der Waals surface area contributed by atoms with Crippen LogP contribution in [0.25, 0.3) is 16.1 Å². The van der Waals surface area contributed by atoms with Crippen molar-refractivity contribution < 1.29 is 19.0 Å². The SMILES string of the molecule is COc1cc(C(=O)c2cc(-c3ccc(C)cc3)cn2-c2cccs2)cc(OC)c1OC. The van der Waals surface area contributed by atoms with Crippen LogP contribution in [0.1, 0.15) is 21.6 Å². The molecule has 0 atom stereocenters. The first kappa shape index (κ1) is 20.8. The summed E-state index contributed by atoms with van der Waals surface area (Å²) in [5.74, 6) is 1.21. The summed E-state index contributed by atoms with van der Waals surface area (Å²) in [7, 11) is 4.61. The van der Waals surface area contributed by atoms with Crippen LogP contribution >= 0.6 is 11.3 Å². The van der Waals surface area contributed by atoms with Crippen LogP contribution in [-0.2, 0) is 0 Å². The van der Waals surface area contributed by atoms with Crippen LogP contribution in [0.4, 0.5) is 0 Å². The molecule has 158 valence electrons. The van der Waals surface area contributed by atoms with E-state index < -0.39 is 0 Å². The predicted molar refractivity (Wildman–Crippen MR) is 123 cm³/mol. The number of nitrogens with zero attached hydrogens (tertiary/aromatic N) is 1. The molecule has 0 aliphatic carbocycles. The summed E-state index contributed by atoms with van der Waals surface area (Å²) in [6.07, 6.45) is 2.00. The minimum atomic E-state index is -0.133. The fourth-order valence-corrected chi connectivity index (χ4v) is 4.21. The summed E-state index contributed by atoms with van der Waals surface area (Å²) in [4.78, 5) is 13.6. The molecule has 0 unspecified atom stereocenters. The summed E-state index contributed by atoms with van der Waals surface area (Å²) < 4.78 is 18.2. The highest BCUT2D eigenvalue weighted by molar-refractivity contribution is 7.12. The number of ether oxygens (including phenoxy) is 3. The van der Waals surface area contributed by atoms with Gasteiger partial charge in [-0.25, -0.2) is 0 Å². The number of rotatable bonds is 7. The van der Waals surface area contributed by atoms with E-state index in [0.29, 0.717) is 28.5 Å². The molecule has 6 heteroatoms. The van der Waals surface area contributed by atoms with E-state index in [9.17, 15) is 4.79 Å². The van der Waals surface area contributed by atoms with Gasteiger partial charge in [0, 0.05) is 17.3 Å². The largest absolute Gasteiger partial charge is 0.493 e. The summed E-state index contributed by atoms with van der Waals surface area (Å²) in [6, 6.07) is 17.5. The van der Waals surface area contributed by atoms with Crippen molar-refractivity contribution in [3.05, 3.63) is 83.0 Å². The highest BCUT2D eigenvalue weighted by Crippen LogP contribution is 2.39. The molecule has 2 aromatic carbocycles. The minimum Gasteiger partial charge on any atom is -0.493 e. The first-order valence-electron chi connectivity index (χ1n) is 9.73. The van der Waals surface area contributed by atoms with Gasteiger partial charge in [-0.05, 0) is 48.2 Å². The average Bonchev–Trinajstić information content (AvgIpc) is 3.48. The molecule has 0 N–H and O–H groups in total. The van der Waals surface area contributed by atoms with Crippen LogP contribution in [0.3, 0.4) is 0 Å². The Morgan fingerprint density at radius 1 is 0.871 bits per heavy atom. The van der Waals surface area contributed by atoms with Gasteiger partial charge in [-0.2, -0.15) is 0 Å². The Labute approximate surface area is 185 Å². The molecule has 31 heavy (non-hydrogen) atoms. The van der Waals surface area contributed by atoms with Crippen LogP contribution in [-0.4, -0.2) is 31.7 Å². The molecular formula is C25H23NO4S. The number of benzene rings is 2. The lowest BCUT2D eigenvalue weighted by Gasteiger charge is -2.14. The van der Waals surface area contributed by atoms with Crippen LogP contribution in [0, 0.1) is 6.92 Å². The molecule has 5 nitrogen and oxygen atoms in total. The number of carbonyl (C=O) groups is 1. The molecule has 0 aliphatic heterocycles. The van der Waals surface area contributed by atoms with E-state index in [0.717, 1.165) is 16.1 Å². The van der Waals surface area contributed by atoms with E-state index in [1.807, 2.05) is 34.3 Å². The number of hydrogen-bond donors (Lipinski definition) is 0. The van der Waals surface area contributed by atoms with E-state index >= 15 is 0 Å². The molecule has 2 aromatic heterocycles. The van der Waals surface area contributed by atoms with Crippen molar-refractivity contribution in [3.8, 4) is 33.4 Å². The molecule has 0 saturated carbocycles. The molecule has 0 saturated heterocycles. The quantitative estimate of drug-likeness (QED) is 0.347. The minimum absolute atomic E-state index is 0.133. The third kappa shape index (κ3) is 3.94. The van der Waals surface area contributed by atoms with Gasteiger partial charge in [0.25, 0.3) is 0 Å². The van der Waals surface area contributed by atoms with Crippen molar-refractivity contribution in [2.24, 2.45) is 0 Å². The summed E-state index contributed by atoms with van der Waals surface area (Å²) in [6.45, 7) is 2.06. The number of methoxy groups -OCH3 is 3. The highest BCUT2D eigenvalue weighted by Gasteiger charge is 2.22. The van der Waals surface area contributed by atoms with Gasteiger partial charge in [0.15, 0.2) is 11.5 Å². The second-order valence-electron chi connectivity index (χ2n) is 7.04. The lowest BCUT2D eigenvalue weighted by molar-refractivity contribution is 0.103. The van der Waals surface area contributed by atoms with E-state index in [1.54, 1.807) is 23.5 Å². The fourth-order valence-electron chi connectivity index (χ4n) is 3.49. The van der Waals surface area contributed by atoms with Crippen molar-refractivity contribution in [2.45, 2.75) is 6.92 Å². The Hall–Kier alpha value is -3.51.